The molecule has 1 unspecified atom stereocenters. The number of ether oxygens (including phenoxy) is 3. The van der Waals surface area contributed by atoms with Crippen LogP contribution in [-0.4, -0.2) is 37.2 Å². The Morgan fingerprint density at radius 1 is 0.259 bits per heavy atom. The van der Waals surface area contributed by atoms with Gasteiger partial charge in [0.25, 0.3) is 0 Å². The van der Waals surface area contributed by atoms with E-state index in [-0.39, 0.29) is 37.5 Å². The molecule has 0 aliphatic rings. The van der Waals surface area contributed by atoms with E-state index in [1.807, 2.05) is 0 Å². The van der Waals surface area contributed by atoms with Crippen LogP contribution < -0.4 is 0 Å². The van der Waals surface area contributed by atoms with E-state index < -0.39 is 6.10 Å². The lowest BCUT2D eigenvalue weighted by Crippen LogP contribution is -2.30. The monoisotopic (exact) mass is 1120 g/mol. The number of carbonyl (C=O) groups excluding carboxylic acids is 3. The van der Waals surface area contributed by atoms with Crippen molar-refractivity contribution in [2.24, 2.45) is 0 Å². The van der Waals surface area contributed by atoms with Crippen molar-refractivity contribution in [3.8, 4) is 0 Å². The van der Waals surface area contributed by atoms with Gasteiger partial charge in [0.05, 0.1) is 0 Å². The second-order valence-electron chi connectivity index (χ2n) is 22.0. The van der Waals surface area contributed by atoms with E-state index in [2.05, 4.69) is 154 Å². The molecule has 0 saturated heterocycles. The van der Waals surface area contributed by atoms with Crippen LogP contribution in [0, 0.1) is 0 Å². The number of unbranched alkanes of at least 4 members (excludes halogenated alkanes) is 27. The molecule has 0 radical (unpaired) electrons. The minimum absolute atomic E-state index is 0.0977. The van der Waals surface area contributed by atoms with Crippen LogP contribution in [-0.2, 0) is 28.6 Å². The van der Waals surface area contributed by atoms with Gasteiger partial charge in [-0.2, -0.15) is 0 Å². The first-order valence-corrected chi connectivity index (χ1v) is 33.7. The maximum Gasteiger partial charge on any atom is 0.306 e. The molecule has 0 bridgehead atoms. The third kappa shape index (κ3) is 66.2. The Kier molecular flexibility index (Phi) is 64.3. The Balaban J connectivity index is 4.10. The fourth-order valence-electron chi connectivity index (χ4n) is 9.11. The van der Waals surface area contributed by atoms with E-state index in [0.29, 0.717) is 19.3 Å². The number of carbonyl (C=O) groups is 3. The molecule has 0 rings (SSSR count). The van der Waals surface area contributed by atoms with Crippen LogP contribution >= 0.6 is 0 Å². The second kappa shape index (κ2) is 68.1. The number of hydrogen-bond acceptors (Lipinski definition) is 6. The molecule has 0 heterocycles. The van der Waals surface area contributed by atoms with Crippen LogP contribution in [0.4, 0.5) is 0 Å². The van der Waals surface area contributed by atoms with E-state index in [1.54, 1.807) is 0 Å². The van der Waals surface area contributed by atoms with Gasteiger partial charge in [0.1, 0.15) is 13.2 Å². The lowest BCUT2D eigenvalue weighted by molar-refractivity contribution is -0.167. The van der Waals surface area contributed by atoms with Gasteiger partial charge in [-0.05, 0) is 122 Å². The topological polar surface area (TPSA) is 78.9 Å². The molecule has 0 saturated carbocycles. The lowest BCUT2D eigenvalue weighted by atomic mass is 10.0. The minimum atomic E-state index is -0.802. The maximum atomic E-state index is 12.8. The zero-order valence-electron chi connectivity index (χ0n) is 52.8. The molecule has 0 spiro atoms. The Morgan fingerprint density at radius 3 is 0.778 bits per heavy atom. The highest BCUT2D eigenvalue weighted by Gasteiger charge is 2.19. The molecule has 0 amide bonds. The zero-order chi connectivity index (χ0) is 58.5. The van der Waals surface area contributed by atoms with Crippen molar-refractivity contribution in [1.29, 1.82) is 0 Å². The quantitative estimate of drug-likeness (QED) is 0.0261. The fraction of sp³-hybridized carbons (Fsp3) is 0.667. The van der Waals surface area contributed by atoms with Crippen molar-refractivity contribution < 1.29 is 28.6 Å². The first-order chi connectivity index (χ1) is 40.0. The summed E-state index contributed by atoms with van der Waals surface area (Å²) in [6, 6.07) is 0. The fourth-order valence-corrected chi connectivity index (χ4v) is 9.11. The Hall–Kier alpha value is -4.45. The summed E-state index contributed by atoms with van der Waals surface area (Å²) in [5.41, 5.74) is 0. The molecule has 0 aliphatic heterocycles. The van der Waals surface area contributed by atoms with Gasteiger partial charge in [-0.25, -0.2) is 0 Å². The largest absolute Gasteiger partial charge is 0.462 e. The van der Waals surface area contributed by atoms with E-state index in [0.717, 1.165) is 128 Å². The first-order valence-electron chi connectivity index (χ1n) is 33.7. The van der Waals surface area contributed by atoms with Gasteiger partial charge in [0.15, 0.2) is 6.10 Å². The van der Waals surface area contributed by atoms with Gasteiger partial charge in [0.2, 0.25) is 0 Å². The molecule has 0 aliphatic carbocycles. The van der Waals surface area contributed by atoms with Gasteiger partial charge < -0.3 is 14.2 Å². The maximum absolute atomic E-state index is 12.8. The van der Waals surface area contributed by atoms with Crippen LogP contribution in [0.2, 0.25) is 0 Å². The predicted molar refractivity (Wildman–Crippen MR) is 353 cm³/mol. The number of hydrogen-bond donors (Lipinski definition) is 0. The molecule has 0 aromatic carbocycles. The smallest absolute Gasteiger partial charge is 0.306 e. The van der Waals surface area contributed by atoms with Crippen molar-refractivity contribution in [2.75, 3.05) is 13.2 Å². The molecule has 460 valence electrons. The van der Waals surface area contributed by atoms with E-state index in [9.17, 15) is 14.4 Å². The number of esters is 3. The van der Waals surface area contributed by atoms with Crippen molar-refractivity contribution in [3.63, 3.8) is 0 Å². The second-order valence-corrected chi connectivity index (χ2v) is 22.0. The summed E-state index contributed by atoms with van der Waals surface area (Å²) in [5, 5.41) is 0. The van der Waals surface area contributed by atoms with Crippen molar-refractivity contribution >= 4 is 17.9 Å². The zero-order valence-corrected chi connectivity index (χ0v) is 52.8. The Morgan fingerprint density at radius 2 is 0.481 bits per heavy atom. The molecule has 0 fully saturated rings. The highest BCUT2D eigenvalue weighted by atomic mass is 16.6. The highest BCUT2D eigenvalue weighted by molar-refractivity contribution is 5.71. The Bertz CT molecular complexity index is 1720. The van der Waals surface area contributed by atoms with E-state index in [1.165, 1.54) is 128 Å². The summed E-state index contributed by atoms with van der Waals surface area (Å²) >= 11 is 0. The summed E-state index contributed by atoms with van der Waals surface area (Å²) < 4.78 is 16.7. The predicted octanol–water partition coefficient (Wildman–Crippen LogP) is 23.3. The van der Waals surface area contributed by atoms with Crippen LogP contribution in [0.15, 0.2) is 134 Å². The average molecular weight is 1120 g/mol. The molecule has 1 atom stereocenters. The van der Waals surface area contributed by atoms with E-state index >= 15 is 0 Å². The third-order valence-corrected chi connectivity index (χ3v) is 14.1. The number of rotatable bonds is 60. The minimum Gasteiger partial charge on any atom is -0.462 e. The summed E-state index contributed by atoms with van der Waals surface area (Å²) in [5.74, 6) is -0.954. The molecule has 6 nitrogen and oxygen atoms in total. The summed E-state index contributed by atoms with van der Waals surface area (Å²) in [6.07, 6.45) is 96.7. The van der Waals surface area contributed by atoms with E-state index in [4.69, 9.17) is 14.2 Å². The molecule has 0 N–H and O–H groups in total. The molecule has 6 heteroatoms. The lowest BCUT2D eigenvalue weighted by Gasteiger charge is -2.18. The van der Waals surface area contributed by atoms with Gasteiger partial charge in [0, 0.05) is 19.3 Å². The standard InChI is InChI=1S/C75H124O6/c1-4-7-10-13-15-17-19-21-23-25-27-29-31-33-35-36-37-38-40-41-43-45-47-49-51-53-55-57-59-62-65-68-74(77)80-71-72(70-79-73(76)67-64-61-12-9-6-3)81-75(78)69-66-63-60-58-56-54-52-50-48-46-44-42-39-34-32-30-28-26-24-22-20-18-16-14-11-8-5-2/h8,11,16,18-19,21-22,24-25,27-28,30-31,33-34,39,44,46,50,52,56,58,72H,4-7,9-10,12-15,17,20,23,26,29,32,35-38,40-43,45,47-49,51,53-55,57,59-71H2,1-3H3/b11-8-,18-16-,21-19-,24-22-,27-25-,30-28-,33-31-,39-34-,46-44-,52-50-,58-56-. The number of allylic oxidation sites excluding steroid dienone is 22. The van der Waals surface area contributed by atoms with Crippen LogP contribution in [0.25, 0.3) is 0 Å². The normalized spacial score (nSPS) is 13.0. The van der Waals surface area contributed by atoms with Crippen LogP contribution in [0.1, 0.15) is 303 Å². The van der Waals surface area contributed by atoms with Crippen LogP contribution in [0.5, 0.6) is 0 Å². The summed E-state index contributed by atoms with van der Waals surface area (Å²) in [4.78, 5) is 38.0. The first kappa shape index (κ1) is 76.5. The Labute approximate surface area is 500 Å². The van der Waals surface area contributed by atoms with Crippen molar-refractivity contribution in [1.82, 2.24) is 0 Å². The molecule has 81 heavy (non-hydrogen) atoms. The van der Waals surface area contributed by atoms with Gasteiger partial charge >= 0.3 is 17.9 Å². The summed E-state index contributed by atoms with van der Waals surface area (Å²) in [6.45, 7) is 6.40. The molecular weight excluding hydrogens is 997 g/mol. The van der Waals surface area contributed by atoms with Gasteiger partial charge in [-0.3, -0.25) is 14.4 Å². The van der Waals surface area contributed by atoms with Gasteiger partial charge in [-0.15, -0.1) is 0 Å². The average Bonchev–Trinajstić information content (AvgIpc) is 3.47. The molecule has 0 aromatic heterocycles. The molecule has 0 aromatic rings. The third-order valence-electron chi connectivity index (χ3n) is 14.1. The van der Waals surface area contributed by atoms with Crippen LogP contribution in [0.3, 0.4) is 0 Å². The SMILES string of the molecule is CC/C=C\C/C=C\C/C=C\C/C=C\C/C=C\C/C=C\C/C=C\C/C=C\CCCCC(=O)OC(COC(=O)CCCCCCC)COC(=O)CCCCCCCCCCCCCCCCCC/C=C\C/C=C\C/C=C\CCCCCCC. The molecular formula is C75H124O6. The van der Waals surface area contributed by atoms with Gasteiger partial charge in [-0.1, -0.05) is 296 Å². The van der Waals surface area contributed by atoms with Crippen molar-refractivity contribution in [2.45, 2.75) is 309 Å². The summed E-state index contributed by atoms with van der Waals surface area (Å²) in [7, 11) is 0. The van der Waals surface area contributed by atoms with Crippen molar-refractivity contribution in [3.05, 3.63) is 134 Å². The highest BCUT2D eigenvalue weighted by Crippen LogP contribution is 2.16.